The zero-order valence-corrected chi connectivity index (χ0v) is 7.46. The van der Waals surface area contributed by atoms with E-state index in [-0.39, 0.29) is 0 Å². The molecule has 0 saturated heterocycles. The third-order valence-electron chi connectivity index (χ3n) is 1.96. The van der Waals surface area contributed by atoms with Crippen molar-refractivity contribution in [2.75, 3.05) is 6.61 Å². The van der Waals surface area contributed by atoms with E-state index in [0.29, 0.717) is 6.07 Å². The van der Waals surface area contributed by atoms with Gasteiger partial charge in [-0.25, -0.2) is 8.78 Å². The van der Waals surface area contributed by atoms with Crippen LogP contribution in [0, 0.1) is 11.6 Å². The third kappa shape index (κ3) is 1.63. The zero-order valence-electron chi connectivity index (χ0n) is 7.46. The fourth-order valence-corrected chi connectivity index (χ4v) is 1.15. The Bertz CT molecular complexity index is 326. The molecule has 0 saturated carbocycles. The smallest absolute Gasteiger partial charge is 0.171 e. The van der Waals surface area contributed by atoms with E-state index in [4.69, 9.17) is 15.3 Å². The lowest BCUT2D eigenvalue weighted by Gasteiger charge is -2.12. The molecule has 0 amide bonds. The van der Waals surface area contributed by atoms with Gasteiger partial charge >= 0.3 is 0 Å². The molecule has 3 nitrogen and oxygen atoms in total. The number of benzene rings is 1. The van der Waals surface area contributed by atoms with Gasteiger partial charge in [-0.1, -0.05) is 6.92 Å². The molecule has 0 radical (unpaired) electrons. The van der Waals surface area contributed by atoms with Crippen LogP contribution in [-0.2, 0) is 0 Å². The van der Waals surface area contributed by atoms with Crippen LogP contribution in [0.25, 0.3) is 0 Å². The molecule has 5 heteroatoms. The summed E-state index contributed by atoms with van der Waals surface area (Å²) in [6.07, 6.45) is 0. The maximum atomic E-state index is 13.2. The maximum absolute atomic E-state index is 13.2. The first-order valence-corrected chi connectivity index (χ1v) is 3.99. The van der Waals surface area contributed by atoms with Crippen LogP contribution in [0.1, 0.15) is 18.4 Å². The topological polar surface area (TPSA) is 60.7 Å². The minimum absolute atomic E-state index is 0.475. The average molecular weight is 204 g/mol. The van der Waals surface area contributed by atoms with Crippen molar-refractivity contribution in [3.8, 4) is 11.5 Å². The molecule has 1 aromatic carbocycles. The Hall–Kier alpha value is -1.36. The van der Waals surface area contributed by atoms with Crippen LogP contribution in [-0.4, -0.2) is 21.9 Å². The number of aliphatic hydroxyl groups is 1. The lowest BCUT2D eigenvalue weighted by Crippen LogP contribution is -2.05. The molecule has 14 heavy (non-hydrogen) atoms. The molecule has 1 aromatic rings. The number of halogens is 2. The summed E-state index contributed by atoms with van der Waals surface area (Å²) >= 11 is 0. The van der Waals surface area contributed by atoms with Gasteiger partial charge in [0.05, 0.1) is 0 Å². The number of rotatable bonds is 2. The fourth-order valence-electron chi connectivity index (χ4n) is 1.15. The zero-order chi connectivity index (χ0) is 10.9. The molecule has 1 unspecified atom stereocenters. The van der Waals surface area contributed by atoms with E-state index in [1.165, 1.54) is 6.92 Å². The van der Waals surface area contributed by atoms with Crippen molar-refractivity contribution in [2.24, 2.45) is 0 Å². The van der Waals surface area contributed by atoms with Crippen molar-refractivity contribution in [1.29, 1.82) is 0 Å². The number of hydrogen-bond acceptors (Lipinski definition) is 3. The van der Waals surface area contributed by atoms with E-state index in [1.807, 2.05) is 0 Å². The Balaban J connectivity index is 3.39. The number of hydrogen-bond donors (Lipinski definition) is 3. The van der Waals surface area contributed by atoms with Crippen molar-refractivity contribution in [2.45, 2.75) is 12.8 Å². The van der Waals surface area contributed by atoms with Crippen molar-refractivity contribution in [3.63, 3.8) is 0 Å². The van der Waals surface area contributed by atoms with Gasteiger partial charge in [-0.2, -0.15) is 0 Å². The quantitative estimate of drug-likeness (QED) is 0.683. The van der Waals surface area contributed by atoms with Crippen LogP contribution in [0.5, 0.6) is 11.5 Å². The van der Waals surface area contributed by atoms with E-state index < -0.39 is 41.2 Å². The van der Waals surface area contributed by atoms with Gasteiger partial charge < -0.3 is 15.3 Å². The molecule has 0 bridgehead atoms. The normalized spacial score (nSPS) is 12.9. The summed E-state index contributed by atoms with van der Waals surface area (Å²) in [5, 5.41) is 26.7. The molecule has 0 aliphatic heterocycles. The standard InChI is InChI=1S/C9H10F2O3/c1-4(3-12)7-8(10)5(13)2-6(14)9(7)11/h2,4,12-14H,3H2,1H3. The molecule has 0 fully saturated rings. The third-order valence-corrected chi connectivity index (χ3v) is 1.96. The predicted octanol–water partition coefficient (Wildman–Crippen LogP) is 1.47. The highest BCUT2D eigenvalue weighted by atomic mass is 19.1. The minimum Gasteiger partial charge on any atom is -0.505 e. The van der Waals surface area contributed by atoms with Crippen LogP contribution in [0.4, 0.5) is 8.78 Å². The van der Waals surface area contributed by atoms with Crippen LogP contribution in [0.15, 0.2) is 6.07 Å². The highest BCUT2D eigenvalue weighted by molar-refractivity contribution is 5.41. The second-order valence-electron chi connectivity index (χ2n) is 3.04. The van der Waals surface area contributed by atoms with E-state index in [9.17, 15) is 8.78 Å². The van der Waals surface area contributed by atoms with E-state index in [1.54, 1.807) is 0 Å². The molecule has 0 spiro atoms. The van der Waals surface area contributed by atoms with E-state index in [0.717, 1.165) is 0 Å². The molecule has 1 rings (SSSR count). The van der Waals surface area contributed by atoms with E-state index >= 15 is 0 Å². The Morgan fingerprint density at radius 3 is 2.00 bits per heavy atom. The summed E-state index contributed by atoms with van der Waals surface area (Å²) in [5.41, 5.74) is -0.509. The molecule has 0 aliphatic rings. The predicted molar refractivity (Wildman–Crippen MR) is 45.2 cm³/mol. The summed E-state index contributed by atoms with van der Waals surface area (Å²) in [7, 11) is 0. The summed E-state index contributed by atoms with van der Waals surface area (Å²) in [5.74, 6) is -4.80. The number of aromatic hydroxyl groups is 2. The first-order valence-electron chi connectivity index (χ1n) is 3.99. The van der Waals surface area contributed by atoms with Crippen molar-refractivity contribution < 1.29 is 24.1 Å². The first kappa shape index (κ1) is 10.7. The van der Waals surface area contributed by atoms with Gasteiger partial charge in [-0.15, -0.1) is 0 Å². The second-order valence-corrected chi connectivity index (χ2v) is 3.04. The van der Waals surface area contributed by atoms with Crippen LogP contribution in [0.2, 0.25) is 0 Å². The molecule has 1 atom stereocenters. The Kier molecular flexibility index (Phi) is 2.90. The van der Waals surface area contributed by atoms with Crippen molar-refractivity contribution in [3.05, 3.63) is 23.3 Å². The fraction of sp³-hybridized carbons (Fsp3) is 0.333. The van der Waals surface area contributed by atoms with Gasteiger partial charge in [-0.3, -0.25) is 0 Å². The maximum Gasteiger partial charge on any atom is 0.171 e. The molecular weight excluding hydrogens is 194 g/mol. The minimum atomic E-state index is -1.15. The number of phenolic OH excluding ortho intramolecular Hbond substituents is 2. The Labute approximate surface area is 79.2 Å². The van der Waals surface area contributed by atoms with Gasteiger partial charge in [0.25, 0.3) is 0 Å². The summed E-state index contributed by atoms with van der Waals surface area (Å²) in [4.78, 5) is 0. The highest BCUT2D eigenvalue weighted by Gasteiger charge is 2.22. The van der Waals surface area contributed by atoms with Crippen molar-refractivity contribution in [1.82, 2.24) is 0 Å². The first-order chi connectivity index (χ1) is 6.49. The largest absolute Gasteiger partial charge is 0.505 e. The molecule has 0 heterocycles. The highest BCUT2D eigenvalue weighted by Crippen LogP contribution is 2.33. The summed E-state index contributed by atoms with van der Waals surface area (Å²) in [6.45, 7) is 0.900. The van der Waals surface area contributed by atoms with Gasteiger partial charge in [-0.05, 0) is 0 Å². The van der Waals surface area contributed by atoms with Gasteiger partial charge in [0.1, 0.15) is 0 Å². The lowest BCUT2D eigenvalue weighted by molar-refractivity contribution is 0.265. The molecule has 78 valence electrons. The number of phenols is 2. The molecule has 0 aromatic heterocycles. The summed E-state index contributed by atoms with van der Waals surface area (Å²) in [6, 6.07) is 0.582. The van der Waals surface area contributed by atoms with Gasteiger partial charge in [0.15, 0.2) is 23.1 Å². The summed E-state index contributed by atoms with van der Waals surface area (Å²) < 4.78 is 26.3. The lowest BCUT2D eigenvalue weighted by atomic mass is 10.00. The van der Waals surface area contributed by atoms with Gasteiger partial charge in [0.2, 0.25) is 0 Å². The van der Waals surface area contributed by atoms with Crippen LogP contribution in [0.3, 0.4) is 0 Å². The second kappa shape index (κ2) is 3.79. The average Bonchev–Trinajstić information content (AvgIpc) is 2.15. The molecular formula is C9H10F2O3. The molecule has 3 N–H and O–H groups in total. The monoisotopic (exact) mass is 204 g/mol. The van der Waals surface area contributed by atoms with Crippen LogP contribution >= 0.6 is 0 Å². The SMILES string of the molecule is CC(CO)c1c(F)c(O)cc(O)c1F. The Morgan fingerprint density at radius 1 is 1.21 bits per heavy atom. The van der Waals surface area contributed by atoms with Crippen LogP contribution < -0.4 is 0 Å². The van der Waals surface area contributed by atoms with E-state index in [2.05, 4.69) is 0 Å². The molecule has 0 aliphatic carbocycles. The number of aliphatic hydroxyl groups excluding tert-OH is 1. The van der Waals surface area contributed by atoms with Crippen molar-refractivity contribution >= 4 is 0 Å². The van der Waals surface area contributed by atoms with Gasteiger partial charge in [0, 0.05) is 24.2 Å². The Morgan fingerprint density at radius 2 is 1.64 bits per heavy atom.